The molecular weight excluding hydrogens is 432 g/mol. The van der Waals surface area contributed by atoms with Crippen LogP contribution in [0.2, 0.25) is 0 Å². The maximum absolute atomic E-state index is 14.2. The number of nitrogens with one attached hydrogen (secondary N) is 1. The van der Waals surface area contributed by atoms with E-state index in [0.29, 0.717) is 4.88 Å². The van der Waals surface area contributed by atoms with Crippen molar-refractivity contribution in [3.63, 3.8) is 0 Å². The summed E-state index contributed by atoms with van der Waals surface area (Å²) < 4.78 is 28.6. The van der Waals surface area contributed by atoms with Crippen LogP contribution < -0.4 is 15.8 Å². The molecule has 3 rings (SSSR count). The second kappa shape index (κ2) is 8.96. The molecule has 3 aromatic rings. The Hall–Kier alpha value is -3.73. The number of aromatic nitrogens is 1. The van der Waals surface area contributed by atoms with Crippen LogP contribution in [0.25, 0.3) is 10.4 Å². The second-order valence-electron chi connectivity index (χ2n) is 6.44. The summed E-state index contributed by atoms with van der Waals surface area (Å²) in [5.41, 5.74) is -0.948. The summed E-state index contributed by atoms with van der Waals surface area (Å²) in [7, 11) is 1.43. The largest absolute Gasteiger partial charge is 0.505 e. The van der Waals surface area contributed by atoms with E-state index in [0.717, 1.165) is 32.9 Å². The highest BCUT2D eigenvalue weighted by Crippen LogP contribution is 2.39. The lowest BCUT2D eigenvalue weighted by molar-refractivity contribution is -0.136. The van der Waals surface area contributed by atoms with E-state index in [2.05, 4.69) is 5.32 Å². The molecule has 0 saturated carbocycles. The zero-order valence-electron chi connectivity index (χ0n) is 16.1. The van der Waals surface area contributed by atoms with Crippen molar-refractivity contribution in [3.05, 3.63) is 64.6 Å². The number of hydrogen-bond acceptors (Lipinski definition) is 5. The number of amides is 2. The number of aryl methyl sites for hydroxylation is 1. The molecule has 0 aliphatic carbocycles. The fourth-order valence-electron chi connectivity index (χ4n) is 2.76. The van der Waals surface area contributed by atoms with Gasteiger partial charge in [0.25, 0.3) is 5.56 Å². The number of thiophene rings is 1. The van der Waals surface area contributed by atoms with Gasteiger partial charge in [0.1, 0.15) is 22.4 Å². The Morgan fingerprint density at radius 2 is 1.94 bits per heavy atom. The number of benzene rings is 1. The van der Waals surface area contributed by atoms with Crippen LogP contribution in [0.5, 0.6) is 5.75 Å². The van der Waals surface area contributed by atoms with Gasteiger partial charge in [-0.2, -0.15) is 0 Å². The third-order valence-electron chi connectivity index (χ3n) is 4.27. The summed E-state index contributed by atoms with van der Waals surface area (Å²) in [6, 6.07) is 6.35. The van der Waals surface area contributed by atoms with E-state index in [1.807, 2.05) is 0 Å². The van der Waals surface area contributed by atoms with E-state index in [1.54, 1.807) is 0 Å². The van der Waals surface area contributed by atoms with Gasteiger partial charge in [0.15, 0.2) is 5.69 Å². The molecule has 3 N–H and O–H groups in total. The first-order chi connectivity index (χ1) is 14.7. The van der Waals surface area contributed by atoms with Gasteiger partial charge in [-0.25, -0.2) is 18.5 Å². The van der Waals surface area contributed by atoms with Crippen LogP contribution in [0.3, 0.4) is 0 Å². The lowest BCUT2D eigenvalue weighted by Crippen LogP contribution is -2.40. The molecule has 1 aromatic carbocycles. The average Bonchev–Trinajstić information content (AvgIpc) is 3.17. The molecule has 0 atom stereocenters. The molecular formula is C20H17F2N3O5S. The standard InChI is InChI=1S/C20H17F2N3O5S/c1-24-9-7-14(26)18(19(24)29)25(20(30)23-8-6-17(27)28)16-5-4-15(31-16)12-3-2-11(21)10-13(12)22/h2-5,7,9-10,26H,6,8H2,1H3,(H,23,30)(H,27,28). The van der Waals surface area contributed by atoms with E-state index in [-0.39, 0.29) is 29.2 Å². The van der Waals surface area contributed by atoms with Crippen molar-refractivity contribution in [2.45, 2.75) is 6.42 Å². The first-order valence-corrected chi connectivity index (χ1v) is 9.74. The Balaban J connectivity index is 2.06. The van der Waals surface area contributed by atoms with Gasteiger partial charge in [0.05, 0.1) is 6.42 Å². The molecule has 162 valence electrons. The monoisotopic (exact) mass is 449 g/mol. The molecule has 0 aliphatic rings. The van der Waals surface area contributed by atoms with Crippen molar-refractivity contribution in [2.24, 2.45) is 7.05 Å². The number of urea groups is 1. The predicted molar refractivity (Wildman–Crippen MR) is 111 cm³/mol. The van der Waals surface area contributed by atoms with E-state index in [9.17, 15) is 28.3 Å². The molecule has 2 heterocycles. The number of nitrogens with zero attached hydrogens (tertiary/aromatic N) is 2. The van der Waals surface area contributed by atoms with Crippen LogP contribution in [-0.4, -0.2) is 33.3 Å². The molecule has 8 nitrogen and oxygen atoms in total. The normalized spacial score (nSPS) is 10.7. The Labute approximate surface area is 178 Å². The molecule has 0 radical (unpaired) electrons. The van der Waals surface area contributed by atoms with Gasteiger partial charge >= 0.3 is 12.0 Å². The van der Waals surface area contributed by atoms with Crippen LogP contribution in [-0.2, 0) is 11.8 Å². The van der Waals surface area contributed by atoms with Gasteiger partial charge in [0.2, 0.25) is 0 Å². The molecule has 0 unspecified atom stereocenters. The van der Waals surface area contributed by atoms with Crippen LogP contribution in [0.4, 0.5) is 24.3 Å². The third kappa shape index (κ3) is 4.72. The number of carboxylic acid groups (broad SMARTS) is 1. The number of halogens is 2. The SMILES string of the molecule is Cn1ccc(O)c(N(C(=O)NCCC(=O)O)c2ccc(-c3ccc(F)cc3F)s2)c1=O. The molecule has 2 aromatic heterocycles. The maximum atomic E-state index is 14.2. The number of anilines is 2. The highest BCUT2D eigenvalue weighted by Gasteiger charge is 2.26. The Morgan fingerprint density at radius 3 is 2.61 bits per heavy atom. The number of carbonyl (C=O) groups excluding carboxylic acids is 1. The summed E-state index contributed by atoms with van der Waals surface area (Å²) >= 11 is 0.927. The zero-order chi connectivity index (χ0) is 22.7. The van der Waals surface area contributed by atoms with Gasteiger partial charge in [-0.3, -0.25) is 9.59 Å². The molecule has 0 spiro atoms. The van der Waals surface area contributed by atoms with Gasteiger partial charge in [-0.15, -0.1) is 11.3 Å². The maximum Gasteiger partial charge on any atom is 0.327 e. The molecule has 31 heavy (non-hydrogen) atoms. The topological polar surface area (TPSA) is 112 Å². The van der Waals surface area contributed by atoms with Crippen molar-refractivity contribution in [2.75, 3.05) is 11.4 Å². The highest BCUT2D eigenvalue weighted by atomic mass is 32.1. The first-order valence-electron chi connectivity index (χ1n) is 8.92. The number of aliphatic carboxylic acids is 1. The van der Waals surface area contributed by atoms with Crippen molar-refractivity contribution in [1.29, 1.82) is 0 Å². The third-order valence-corrected chi connectivity index (χ3v) is 5.38. The van der Waals surface area contributed by atoms with Crippen LogP contribution in [0.1, 0.15) is 6.42 Å². The number of rotatable bonds is 6. The predicted octanol–water partition coefficient (Wildman–Crippen LogP) is 3.42. The van der Waals surface area contributed by atoms with E-state index >= 15 is 0 Å². The van der Waals surface area contributed by atoms with Gasteiger partial charge in [0, 0.05) is 36.3 Å². The summed E-state index contributed by atoms with van der Waals surface area (Å²) in [6.45, 7) is -0.219. The van der Waals surface area contributed by atoms with Crippen molar-refractivity contribution in [1.82, 2.24) is 9.88 Å². The van der Waals surface area contributed by atoms with Gasteiger partial charge < -0.3 is 20.1 Å². The van der Waals surface area contributed by atoms with Crippen molar-refractivity contribution in [3.8, 4) is 16.2 Å². The minimum Gasteiger partial charge on any atom is -0.505 e. The Morgan fingerprint density at radius 1 is 1.19 bits per heavy atom. The minimum absolute atomic E-state index is 0.0917. The van der Waals surface area contributed by atoms with E-state index in [1.165, 1.54) is 37.5 Å². The number of pyridine rings is 1. The zero-order valence-corrected chi connectivity index (χ0v) is 16.9. The molecule has 0 aliphatic heterocycles. The fourth-order valence-corrected chi connectivity index (χ4v) is 3.80. The Kier molecular flexibility index (Phi) is 6.35. The Bertz CT molecular complexity index is 1210. The fraction of sp³-hybridized carbons (Fsp3) is 0.150. The van der Waals surface area contributed by atoms with Crippen LogP contribution >= 0.6 is 11.3 Å². The van der Waals surface area contributed by atoms with E-state index in [4.69, 9.17) is 5.11 Å². The molecule has 2 amide bonds. The molecule has 0 bridgehead atoms. The summed E-state index contributed by atoms with van der Waals surface area (Å²) in [5, 5.41) is 21.6. The quantitative estimate of drug-likeness (QED) is 0.534. The summed E-state index contributed by atoms with van der Waals surface area (Å²) in [5.74, 6) is -3.14. The number of aromatic hydroxyl groups is 1. The molecule has 0 saturated heterocycles. The minimum atomic E-state index is -1.13. The van der Waals surface area contributed by atoms with Crippen LogP contribution in [0, 0.1) is 11.6 Å². The van der Waals surface area contributed by atoms with Crippen molar-refractivity contribution >= 4 is 34.0 Å². The molecule has 0 fully saturated rings. The van der Waals surface area contributed by atoms with Gasteiger partial charge in [-0.1, -0.05) is 0 Å². The van der Waals surface area contributed by atoms with Crippen LogP contribution in [0.15, 0.2) is 47.4 Å². The summed E-state index contributed by atoms with van der Waals surface area (Å²) in [6.07, 6.45) is 0.963. The van der Waals surface area contributed by atoms with Crippen molar-refractivity contribution < 1.29 is 28.6 Å². The lowest BCUT2D eigenvalue weighted by atomic mass is 10.2. The highest BCUT2D eigenvalue weighted by molar-refractivity contribution is 7.19. The first kappa shape index (κ1) is 22.0. The number of carboxylic acids is 1. The summed E-state index contributed by atoms with van der Waals surface area (Å²) in [4.78, 5) is 37.5. The lowest BCUT2D eigenvalue weighted by Gasteiger charge is -2.22. The number of hydrogen-bond donors (Lipinski definition) is 3. The average molecular weight is 449 g/mol. The second-order valence-corrected chi connectivity index (χ2v) is 7.50. The van der Waals surface area contributed by atoms with E-state index < -0.39 is 34.9 Å². The van der Waals surface area contributed by atoms with Gasteiger partial charge in [-0.05, 0) is 30.3 Å². The smallest absolute Gasteiger partial charge is 0.327 e. The molecule has 11 heteroatoms. The number of carbonyl (C=O) groups is 2.